The molecule has 0 aromatic carbocycles. The second-order valence-electron chi connectivity index (χ2n) is 4.36. The number of ether oxygens (including phenoxy) is 1. The van der Waals surface area contributed by atoms with Crippen LogP contribution in [0.15, 0.2) is 12.3 Å². The van der Waals surface area contributed by atoms with Crippen molar-refractivity contribution >= 4 is 11.6 Å². The first-order valence-corrected chi connectivity index (χ1v) is 5.94. The minimum atomic E-state index is -0.704. The van der Waals surface area contributed by atoms with Crippen LogP contribution in [0.3, 0.4) is 0 Å². The first-order chi connectivity index (χ1) is 9.93. The van der Waals surface area contributed by atoms with Crippen molar-refractivity contribution < 1.29 is 14.5 Å². The van der Waals surface area contributed by atoms with Gasteiger partial charge in [-0.1, -0.05) is 0 Å². The summed E-state index contributed by atoms with van der Waals surface area (Å²) >= 11 is 0. The largest absolute Gasteiger partial charge is 0.475 e. The molecule has 2 aromatic heterocycles. The number of amides is 1. The number of aryl methyl sites for hydroxylation is 1. The molecular weight excluding hydrogens is 280 g/mol. The highest BCUT2D eigenvalue weighted by Crippen LogP contribution is 2.28. The SMILES string of the molecule is COc1n[nH]c(C(=O)N(C)Cc2ccn(C)n2)c1[N+](=O)[O-]. The fourth-order valence-electron chi connectivity index (χ4n) is 1.83. The van der Waals surface area contributed by atoms with Gasteiger partial charge in [-0.25, -0.2) is 0 Å². The van der Waals surface area contributed by atoms with Gasteiger partial charge < -0.3 is 9.64 Å². The summed E-state index contributed by atoms with van der Waals surface area (Å²) in [5.74, 6) is -0.794. The van der Waals surface area contributed by atoms with E-state index in [1.165, 1.54) is 19.1 Å². The summed E-state index contributed by atoms with van der Waals surface area (Å²) in [4.78, 5) is 23.9. The molecule has 0 unspecified atom stereocenters. The number of carbonyl (C=O) groups is 1. The number of aromatic amines is 1. The molecule has 0 radical (unpaired) electrons. The predicted octanol–water partition coefficient (Wildman–Crippen LogP) is 0.332. The molecule has 0 aliphatic rings. The zero-order valence-corrected chi connectivity index (χ0v) is 11.7. The Morgan fingerprint density at radius 3 is 2.86 bits per heavy atom. The fraction of sp³-hybridized carbons (Fsp3) is 0.364. The highest BCUT2D eigenvalue weighted by atomic mass is 16.6. The molecule has 2 aromatic rings. The molecule has 2 heterocycles. The molecule has 0 fully saturated rings. The second-order valence-corrected chi connectivity index (χ2v) is 4.36. The number of carbonyl (C=O) groups excluding carboxylic acids is 1. The number of rotatable bonds is 5. The summed E-state index contributed by atoms with van der Waals surface area (Å²) in [7, 11) is 4.53. The third kappa shape index (κ3) is 2.83. The van der Waals surface area contributed by atoms with E-state index in [0.717, 1.165) is 0 Å². The first-order valence-electron chi connectivity index (χ1n) is 5.94. The molecule has 1 N–H and O–H groups in total. The number of hydrogen-bond acceptors (Lipinski definition) is 6. The molecule has 1 amide bonds. The molecule has 0 aliphatic heterocycles. The molecule has 0 bridgehead atoms. The summed E-state index contributed by atoms with van der Waals surface area (Å²) in [5, 5.41) is 21.1. The van der Waals surface area contributed by atoms with Gasteiger partial charge in [-0.05, 0) is 6.07 Å². The number of H-pyrrole nitrogens is 1. The van der Waals surface area contributed by atoms with E-state index in [9.17, 15) is 14.9 Å². The van der Waals surface area contributed by atoms with E-state index in [4.69, 9.17) is 4.74 Å². The van der Waals surface area contributed by atoms with E-state index in [1.54, 1.807) is 24.0 Å². The van der Waals surface area contributed by atoms with E-state index in [1.807, 2.05) is 0 Å². The Bertz CT molecular complexity index is 676. The summed E-state index contributed by atoms with van der Waals surface area (Å²) in [6.45, 7) is 0.220. The standard InChI is InChI=1S/C11H14N6O4/c1-15(6-7-4-5-16(2)14-7)11(18)8-9(17(19)20)10(21-3)13-12-8/h4-5H,6H2,1-3H3,(H,12,13). The Hall–Kier alpha value is -2.91. The maximum atomic E-state index is 12.3. The van der Waals surface area contributed by atoms with Gasteiger partial charge in [0.15, 0.2) is 0 Å². The molecule has 0 spiro atoms. The van der Waals surface area contributed by atoms with Gasteiger partial charge in [-0.3, -0.25) is 24.7 Å². The van der Waals surface area contributed by atoms with Gasteiger partial charge in [-0.15, -0.1) is 5.10 Å². The molecule has 10 heteroatoms. The Morgan fingerprint density at radius 1 is 1.62 bits per heavy atom. The van der Waals surface area contributed by atoms with Crippen molar-refractivity contribution in [2.75, 3.05) is 14.2 Å². The van der Waals surface area contributed by atoms with E-state index in [-0.39, 0.29) is 18.1 Å². The topological polar surface area (TPSA) is 119 Å². The summed E-state index contributed by atoms with van der Waals surface area (Å²) < 4.78 is 6.37. The van der Waals surface area contributed by atoms with Gasteiger partial charge in [0.05, 0.1) is 24.3 Å². The maximum Gasteiger partial charge on any atom is 0.362 e. The Balaban J connectivity index is 2.23. The molecule has 10 nitrogen and oxygen atoms in total. The number of aromatic nitrogens is 4. The van der Waals surface area contributed by atoms with Crippen molar-refractivity contribution in [3.63, 3.8) is 0 Å². The molecular formula is C11H14N6O4. The number of nitrogens with one attached hydrogen (secondary N) is 1. The highest BCUT2D eigenvalue weighted by molar-refractivity contribution is 5.96. The molecule has 2 rings (SSSR count). The van der Waals surface area contributed by atoms with Crippen LogP contribution >= 0.6 is 0 Å². The third-order valence-corrected chi connectivity index (χ3v) is 2.81. The molecule has 112 valence electrons. The normalized spacial score (nSPS) is 10.4. The van der Waals surface area contributed by atoms with Gasteiger partial charge >= 0.3 is 11.6 Å². The number of methoxy groups -OCH3 is 1. The van der Waals surface area contributed by atoms with Crippen LogP contribution in [-0.2, 0) is 13.6 Å². The lowest BCUT2D eigenvalue weighted by Crippen LogP contribution is -2.27. The van der Waals surface area contributed by atoms with Crippen LogP contribution in [0.2, 0.25) is 0 Å². The summed E-state index contributed by atoms with van der Waals surface area (Å²) in [6.07, 6.45) is 1.75. The van der Waals surface area contributed by atoms with Crippen molar-refractivity contribution in [2.24, 2.45) is 7.05 Å². The van der Waals surface area contributed by atoms with Crippen molar-refractivity contribution in [2.45, 2.75) is 6.54 Å². The predicted molar refractivity (Wildman–Crippen MR) is 70.8 cm³/mol. The maximum absolute atomic E-state index is 12.3. The van der Waals surface area contributed by atoms with Crippen molar-refractivity contribution in [1.82, 2.24) is 24.9 Å². The van der Waals surface area contributed by atoms with Crippen LogP contribution in [0, 0.1) is 10.1 Å². The Kier molecular flexibility index (Phi) is 3.87. The molecule has 21 heavy (non-hydrogen) atoms. The molecule has 0 saturated heterocycles. The molecule has 0 saturated carbocycles. The van der Waals surface area contributed by atoms with E-state index in [2.05, 4.69) is 15.3 Å². The smallest absolute Gasteiger partial charge is 0.362 e. The van der Waals surface area contributed by atoms with Crippen LogP contribution < -0.4 is 4.74 Å². The van der Waals surface area contributed by atoms with Crippen LogP contribution in [0.25, 0.3) is 0 Å². The highest BCUT2D eigenvalue weighted by Gasteiger charge is 2.31. The lowest BCUT2D eigenvalue weighted by molar-refractivity contribution is -0.386. The van der Waals surface area contributed by atoms with Crippen LogP contribution in [0.1, 0.15) is 16.2 Å². The zero-order valence-electron chi connectivity index (χ0n) is 11.7. The monoisotopic (exact) mass is 294 g/mol. The van der Waals surface area contributed by atoms with E-state index in [0.29, 0.717) is 5.69 Å². The minimum Gasteiger partial charge on any atom is -0.475 e. The van der Waals surface area contributed by atoms with Gasteiger partial charge in [0, 0.05) is 20.3 Å². The third-order valence-electron chi connectivity index (χ3n) is 2.81. The van der Waals surface area contributed by atoms with E-state index >= 15 is 0 Å². The zero-order chi connectivity index (χ0) is 15.6. The number of nitrogens with zero attached hydrogens (tertiary/aromatic N) is 5. The van der Waals surface area contributed by atoms with Gasteiger partial charge in [-0.2, -0.15) is 5.10 Å². The van der Waals surface area contributed by atoms with Crippen LogP contribution in [0.5, 0.6) is 5.88 Å². The van der Waals surface area contributed by atoms with Crippen molar-refractivity contribution in [1.29, 1.82) is 0 Å². The van der Waals surface area contributed by atoms with Crippen molar-refractivity contribution in [3.05, 3.63) is 33.8 Å². The number of nitro groups is 1. The quantitative estimate of drug-likeness (QED) is 0.627. The average molecular weight is 294 g/mol. The first kappa shape index (κ1) is 14.5. The molecule has 0 atom stereocenters. The Morgan fingerprint density at radius 2 is 2.33 bits per heavy atom. The average Bonchev–Trinajstić information content (AvgIpc) is 3.03. The minimum absolute atomic E-state index is 0.220. The van der Waals surface area contributed by atoms with E-state index < -0.39 is 16.5 Å². The van der Waals surface area contributed by atoms with Crippen LogP contribution in [-0.4, -0.2) is 49.9 Å². The summed E-state index contributed by atoms with van der Waals surface area (Å²) in [6, 6.07) is 1.76. The molecule has 0 aliphatic carbocycles. The van der Waals surface area contributed by atoms with Gasteiger partial charge in [0.1, 0.15) is 0 Å². The number of hydrogen-bond donors (Lipinski definition) is 1. The lowest BCUT2D eigenvalue weighted by atomic mass is 10.3. The van der Waals surface area contributed by atoms with Crippen molar-refractivity contribution in [3.8, 4) is 5.88 Å². The van der Waals surface area contributed by atoms with Gasteiger partial charge in [0.2, 0.25) is 5.69 Å². The fourth-order valence-corrected chi connectivity index (χ4v) is 1.83. The lowest BCUT2D eigenvalue weighted by Gasteiger charge is -2.14. The summed E-state index contributed by atoms with van der Waals surface area (Å²) in [5.41, 5.74) is -0.0341. The second kappa shape index (κ2) is 5.61. The van der Waals surface area contributed by atoms with Gasteiger partial charge in [0.25, 0.3) is 5.91 Å². The van der Waals surface area contributed by atoms with Crippen LogP contribution in [0.4, 0.5) is 5.69 Å². The Labute approximate surface area is 119 Å².